The number of amides is 1. The maximum atomic E-state index is 16.0. The number of halogens is 4. The number of carbonyl (C=O) groups excluding carboxylic acids is 1. The van der Waals surface area contributed by atoms with Crippen LogP contribution < -0.4 is 20.7 Å². The van der Waals surface area contributed by atoms with E-state index in [2.05, 4.69) is 42.0 Å². The van der Waals surface area contributed by atoms with E-state index in [1.807, 2.05) is 49.2 Å². The minimum atomic E-state index is -4.94. The Hall–Kier alpha value is -4.34. The second-order valence-corrected chi connectivity index (χ2v) is 13.3. The Balaban J connectivity index is 1.26. The van der Waals surface area contributed by atoms with Crippen LogP contribution in [0.25, 0.3) is 5.57 Å². The second kappa shape index (κ2) is 13.9. The SMILES string of the molecule is C[C@@H]1CN(c2cc(F)c(C3=CCN(c4ncc(CN5CCN(C)CC5)cn4)C3)cc2NC(=O)c2c[nH]c(=O)cc2C(F)(F)F)C[C@H](C)N1C. The van der Waals surface area contributed by atoms with Crippen LogP contribution in [-0.2, 0) is 12.7 Å². The molecule has 2 saturated heterocycles. The van der Waals surface area contributed by atoms with Crippen molar-refractivity contribution < 1.29 is 22.4 Å². The number of likely N-dealkylation sites (N-methyl/N-ethyl adjacent to an activating group) is 2. The first-order valence-electron chi connectivity index (χ1n) is 16.3. The highest BCUT2D eigenvalue weighted by molar-refractivity contribution is 6.07. The number of anilines is 3. The van der Waals surface area contributed by atoms with Gasteiger partial charge in [-0.3, -0.25) is 19.4 Å². The van der Waals surface area contributed by atoms with E-state index in [9.17, 15) is 22.8 Å². The average Bonchev–Trinajstić information content (AvgIpc) is 3.55. The highest BCUT2D eigenvalue weighted by atomic mass is 19.4. The van der Waals surface area contributed by atoms with Crippen molar-refractivity contribution >= 4 is 28.8 Å². The molecule has 49 heavy (non-hydrogen) atoms. The molecule has 2 N–H and O–H groups in total. The summed E-state index contributed by atoms with van der Waals surface area (Å²) in [6.45, 7) is 10.5. The first kappa shape index (κ1) is 34.5. The van der Waals surface area contributed by atoms with Crippen molar-refractivity contribution in [2.24, 2.45) is 0 Å². The second-order valence-electron chi connectivity index (χ2n) is 13.3. The van der Waals surface area contributed by atoms with Gasteiger partial charge in [0.25, 0.3) is 5.91 Å². The van der Waals surface area contributed by atoms with Gasteiger partial charge in [0.15, 0.2) is 0 Å². The van der Waals surface area contributed by atoms with E-state index in [4.69, 9.17) is 0 Å². The maximum absolute atomic E-state index is 16.0. The molecule has 15 heteroatoms. The smallest absolute Gasteiger partial charge is 0.367 e. The quantitative estimate of drug-likeness (QED) is 0.361. The number of pyridine rings is 1. The molecular formula is C34H41F4N9O2. The van der Waals surface area contributed by atoms with E-state index in [1.165, 1.54) is 12.1 Å². The molecule has 0 saturated carbocycles. The van der Waals surface area contributed by atoms with Gasteiger partial charge < -0.3 is 25.0 Å². The summed E-state index contributed by atoms with van der Waals surface area (Å²) in [6.07, 6.45) is 1.29. The summed E-state index contributed by atoms with van der Waals surface area (Å²) < 4.78 is 57.5. The largest absolute Gasteiger partial charge is 0.417 e. The number of hydrogen-bond acceptors (Lipinski definition) is 9. The number of H-pyrrole nitrogens is 1. The van der Waals surface area contributed by atoms with Crippen molar-refractivity contribution in [3.05, 3.63) is 81.3 Å². The Kier molecular flexibility index (Phi) is 9.78. The third kappa shape index (κ3) is 7.63. The zero-order chi connectivity index (χ0) is 35.0. The van der Waals surface area contributed by atoms with Crippen molar-refractivity contribution in [2.75, 3.05) is 81.6 Å². The fourth-order valence-corrected chi connectivity index (χ4v) is 6.62. The lowest BCUT2D eigenvalue weighted by Crippen LogP contribution is -2.55. The van der Waals surface area contributed by atoms with Gasteiger partial charge in [-0.1, -0.05) is 6.08 Å². The molecule has 2 fully saturated rings. The molecule has 0 radical (unpaired) electrons. The van der Waals surface area contributed by atoms with Gasteiger partial charge in [-0.2, -0.15) is 13.2 Å². The average molecular weight is 684 g/mol. The van der Waals surface area contributed by atoms with Gasteiger partial charge in [0.2, 0.25) is 11.5 Å². The fourth-order valence-electron chi connectivity index (χ4n) is 6.62. The molecular weight excluding hydrogens is 642 g/mol. The third-order valence-corrected chi connectivity index (χ3v) is 9.75. The molecule has 0 spiro atoms. The summed E-state index contributed by atoms with van der Waals surface area (Å²) in [5, 5.41) is 2.62. The number of carbonyl (C=O) groups is 1. The highest BCUT2D eigenvalue weighted by Gasteiger charge is 2.36. The van der Waals surface area contributed by atoms with Crippen LogP contribution in [0.15, 0.2) is 47.7 Å². The van der Waals surface area contributed by atoms with Gasteiger partial charge >= 0.3 is 6.18 Å². The van der Waals surface area contributed by atoms with E-state index in [-0.39, 0.29) is 23.3 Å². The number of benzene rings is 1. The molecule has 3 aliphatic rings. The number of hydrogen-bond donors (Lipinski definition) is 2. The summed E-state index contributed by atoms with van der Waals surface area (Å²) in [5.41, 5.74) is -0.730. The van der Waals surface area contributed by atoms with Crippen molar-refractivity contribution in [1.82, 2.24) is 29.7 Å². The van der Waals surface area contributed by atoms with E-state index in [0.717, 1.165) is 44.5 Å². The first-order valence-corrected chi connectivity index (χ1v) is 16.3. The van der Waals surface area contributed by atoms with Gasteiger partial charge in [-0.05, 0) is 45.6 Å². The van der Waals surface area contributed by atoms with Gasteiger partial charge in [-0.15, -0.1) is 0 Å². The molecule has 2 atom stereocenters. The summed E-state index contributed by atoms with van der Waals surface area (Å²) in [4.78, 5) is 47.2. The Labute approximate surface area is 282 Å². The van der Waals surface area contributed by atoms with Crippen molar-refractivity contribution in [1.29, 1.82) is 0 Å². The predicted molar refractivity (Wildman–Crippen MR) is 180 cm³/mol. The number of rotatable bonds is 7. The van der Waals surface area contributed by atoms with Crippen LogP contribution in [0.4, 0.5) is 34.9 Å². The first-order chi connectivity index (χ1) is 23.3. The molecule has 3 aliphatic heterocycles. The third-order valence-electron chi connectivity index (χ3n) is 9.75. The van der Waals surface area contributed by atoms with Crippen LogP contribution in [0, 0.1) is 5.82 Å². The van der Waals surface area contributed by atoms with E-state index in [0.29, 0.717) is 49.5 Å². The monoisotopic (exact) mass is 683 g/mol. The topological polar surface area (TPSA) is 104 Å². The van der Waals surface area contributed by atoms with Gasteiger partial charge in [0, 0.05) is 107 Å². The number of aromatic nitrogens is 3. The maximum Gasteiger partial charge on any atom is 0.417 e. The number of aromatic amines is 1. The molecule has 5 heterocycles. The zero-order valence-corrected chi connectivity index (χ0v) is 28.0. The van der Waals surface area contributed by atoms with Gasteiger partial charge in [0.1, 0.15) is 5.82 Å². The van der Waals surface area contributed by atoms with Crippen LogP contribution in [0.5, 0.6) is 0 Å². The minimum absolute atomic E-state index is 0.0881. The van der Waals surface area contributed by atoms with Crippen LogP contribution in [0.3, 0.4) is 0 Å². The number of nitrogens with one attached hydrogen (secondary N) is 2. The molecule has 0 aliphatic carbocycles. The Morgan fingerprint density at radius 1 is 1.00 bits per heavy atom. The molecule has 11 nitrogen and oxygen atoms in total. The van der Waals surface area contributed by atoms with Crippen molar-refractivity contribution in [3.8, 4) is 0 Å². The van der Waals surface area contributed by atoms with Crippen LogP contribution in [0.2, 0.25) is 0 Å². The molecule has 1 amide bonds. The Morgan fingerprint density at radius 2 is 1.67 bits per heavy atom. The van der Waals surface area contributed by atoms with Gasteiger partial charge in [-0.25, -0.2) is 14.4 Å². The fraction of sp³-hybridized carbons (Fsp3) is 0.471. The summed E-state index contributed by atoms with van der Waals surface area (Å²) in [6, 6.07) is 3.34. The normalized spacial score (nSPS) is 21.3. The molecule has 6 rings (SSSR count). The van der Waals surface area contributed by atoms with Gasteiger partial charge in [0.05, 0.1) is 22.5 Å². The summed E-state index contributed by atoms with van der Waals surface area (Å²) in [5.74, 6) is -1.11. The number of piperazine rings is 2. The molecule has 0 bridgehead atoms. The molecule has 1 aromatic carbocycles. The van der Waals surface area contributed by atoms with E-state index >= 15 is 4.39 Å². The minimum Gasteiger partial charge on any atom is -0.367 e. The summed E-state index contributed by atoms with van der Waals surface area (Å²) in [7, 11) is 4.11. The Bertz CT molecular complexity index is 1760. The lowest BCUT2D eigenvalue weighted by atomic mass is 10.0. The lowest BCUT2D eigenvalue weighted by Gasteiger charge is -2.44. The van der Waals surface area contributed by atoms with Crippen molar-refractivity contribution in [3.63, 3.8) is 0 Å². The standard InChI is InChI=1S/C34H41F4N9O2/c1-21-17-47(18-22(2)44(21)4)30-13-28(35)25(11-29(30)42-32(49)26-16-39-31(48)12-27(26)34(36,37)38)24-5-6-46(20-24)33-40-14-23(15-41-33)19-45-9-7-43(3)8-10-45/h5,11-16,21-22H,6-10,17-20H2,1-4H3,(H,39,48)(H,42,49)/t21-,22+. The predicted octanol–water partition coefficient (Wildman–Crippen LogP) is 3.75. The molecule has 3 aromatic rings. The lowest BCUT2D eigenvalue weighted by molar-refractivity contribution is -0.138. The van der Waals surface area contributed by atoms with Crippen LogP contribution >= 0.6 is 0 Å². The van der Waals surface area contributed by atoms with E-state index < -0.39 is 34.6 Å². The Morgan fingerprint density at radius 3 is 2.33 bits per heavy atom. The molecule has 262 valence electrons. The number of nitrogens with zero attached hydrogens (tertiary/aromatic N) is 7. The highest BCUT2D eigenvalue weighted by Crippen LogP contribution is 2.37. The molecule has 0 unspecified atom stereocenters. The summed E-state index contributed by atoms with van der Waals surface area (Å²) >= 11 is 0. The van der Waals surface area contributed by atoms with Crippen molar-refractivity contribution in [2.45, 2.75) is 38.7 Å². The van der Waals surface area contributed by atoms with E-state index in [1.54, 1.807) is 0 Å². The van der Waals surface area contributed by atoms with Crippen LogP contribution in [-0.4, -0.2) is 114 Å². The van der Waals surface area contributed by atoms with Crippen LogP contribution in [0.1, 0.15) is 40.9 Å². The number of alkyl halides is 3. The molecule has 2 aromatic heterocycles. The zero-order valence-electron chi connectivity index (χ0n) is 28.0.